The molecule has 0 spiro atoms. The Bertz CT molecular complexity index is 1470. The number of rotatable bonds is 8. The van der Waals surface area contributed by atoms with Crippen LogP contribution in [0.2, 0.25) is 0 Å². The van der Waals surface area contributed by atoms with Crippen LogP contribution in [-0.4, -0.2) is 34.9 Å². The van der Waals surface area contributed by atoms with Crippen molar-refractivity contribution < 1.29 is 22.1 Å². The highest BCUT2D eigenvalue weighted by atomic mass is 32.2. The second-order valence-electron chi connectivity index (χ2n) is 7.97. The third-order valence-electron chi connectivity index (χ3n) is 5.53. The number of sulfonamides is 1. The number of ketones is 1. The summed E-state index contributed by atoms with van der Waals surface area (Å²) < 4.78 is 38.5. The number of nitrogens with zero attached hydrogens (tertiary/aromatic N) is 2. The van der Waals surface area contributed by atoms with Crippen molar-refractivity contribution >= 4 is 32.5 Å². The Kier molecular flexibility index (Phi) is 6.56. The molecule has 0 fully saturated rings. The molecule has 0 saturated carbocycles. The van der Waals surface area contributed by atoms with Gasteiger partial charge in [-0.3, -0.25) is 9.78 Å². The van der Waals surface area contributed by atoms with Crippen molar-refractivity contribution in [3.8, 4) is 11.1 Å². The van der Waals surface area contributed by atoms with E-state index < -0.39 is 31.8 Å². The zero-order valence-electron chi connectivity index (χ0n) is 18.6. The first-order chi connectivity index (χ1) is 16.2. The summed E-state index contributed by atoms with van der Waals surface area (Å²) in [4.78, 5) is 24.8. The molecule has 0 aliphatic carbocycles. The Morgan fingerprint density at radius 3 is 2.59 bits per heavy atom. The second-order valence-corrected chi connectivity index (χ2v) is 9.98. The lowest BCUT2D eigenvalue weighted by Crippen LogP contribution is -3.05. The van der Waals surface area contributed by atoms with Crippen molar-refractivity contribution in [1.82, 2.24) is 15.0 Å². The molecule has 4 aromatic rings. The zero-order valence-corrected chi connectivity index (χ0v) is 19.4. The highest BCUT2D eigenvalue weighted by Gasteiger charge is 2.27. The molecule has 34 heavy (non-hydrogen) atoms. The number of benzene rings is 1. The van der Waals surface area contributed by atoms with Gasteiger partial charge >= 0.3 is 0 Å². The number of aryl methyl sites for hydroxylation is 1. The van der Waals surface area contributed by atoms with E-state index >= 15 is 4.39 Å². The molecular formula is C24H23FN4O4S. The predicted octanol–water partition coefficient (Wildman–Crippen LogP) is 3.45. The molecule has 10 heteroatoms. The van der Waals surface area contributed by atoms with E-state index in [0.29, 0.717) is 17.5 Å². The first kappa shape index (κ1) is 23.7. The molecule has 8 nitrogen and oxygen atoms in total. The Balaban J connectivity index is 1.73. The highest BCUT2D eigenvalue weighted by Crippen LogP contribution is 2.27. The van der Waals surface area contributed by atoms with Gasteiger partial charge in [0.05, 0.1) is 5.56 Å². The van der Waals surface area contributed by atoms with Crippen LogP contribution in [0, 0.1) is 17.9 Å². The van der Waals surface area contributed by atoms with Crippen molar-refractivity contribution in [2.24, 2.45) is 0 Å². The van der Waals surface area contributed by atoms with E-state index in [2.05, 4.69) is 15.0 Å². The van der Waals surface area contributed by atoms with E-state index in [0.717, 1.165) is 22.9 Å². The van der Waals surface area contributed by atoms with Crippen molar-refractivity contribution in [1.29, 1.82) is 0 Å². The maximum Gasteiger partial charge on any atom is 0.300 e. The Hall–Kier alpha value is -3.47. The predicted molar refractivity (Wildman–Crippen MR) is 127 cm³/mol. The van der Waals surface area contributed by atoms with Gasteiger partial charge < -0.3 is 10.2 Å². The number of hydrogen-bond donors (Lipinski definition) is 2. The average molecular weight is 483 g/mol. The summed E-state index contributed by atoms with van der Waals surface area (Å²) in [5, 5.41) is 13.0. The van der Waals surface area contributed by atoms with Crippen molar-refractivity contribution in [3.05, 3.63) is 82.8 Å². The zero-order chi connectivity index (χ0) is 24.5. The Morgan fingerprint density at radius 2 is 1.88 bits per heavy atom. The van der Waals surface area contributed by atoms with Crippen LogP contribution >= 0.6 is 0 Å². The Morgan fingerprint density at radius 1 is 1.12 bits per heavy atom. The van der Waals surface area contributed by atoms with Gasteiger partial charge in [0.2, 0.25) is 0 Å². The van der Waals surface area contributed by atoms with E-state index in [4.69, 9.17) is 0 Å². The van der Waals surface area contributed by atoms with Crippen LogP contribution in [0.1, 0.15) is 41.4 Å². The summed E-state index contributed by atoms with van der Waals surface area (Å²) >= 11 is 0. The molecule has 0 amide bonds. The van der Waals surface area contributed by atoms with Crippen LogP contribution in [0.25, 0.3) is 22.2 Å². The van der Waals surface area contributed by atoms with Crippen LogP contribution in [0.5, 0.6) is 0 Å². The molecule has 0 bridgehead atoms. The summed E-state index contributed by atoms with van der Waals surface area (Å²) in [6.07, 6.45) is 5.61. The van der Waals surface area contributed by atoms with E-state index in [9.17, 15) is 18.4 Å². The van der Waals surface area contributed by atoms with Crippen LogP contribution in [-0.2, 0) is 10.0 Å². The fourth-order valence-corrected chi connectivity index (χ4v) is 4.94. The SMILES string of the molecule is CCCCS(=O)(=O)[NH+]([O-])c1cccc(C(=O)c2c[nH]c3ncc(-c4ccc(C)nc4)cc23)c1F. The van der Waals surface area contributed by atoms with Gasteiger partial charge in [0.15, 0.2) is 17.3 Å². The highest BCUT2D eigenvalue weighted by molar-refractivity contribution is 7.85. The number of halogens is 1. The van der Waals surface area contributed by atoms with Crippen molar-refractivity contribution in [2.75, 3.05) is 5.75 Å². The number of aromatic amines is 1. The number of pyridine rings is 2. The number of H-pyrrole nitrogens is 1. The topological polar surface area (TPSA) is 120 Å². The largest absolute Gasteiger partial charge is 0.613 e. The number of nitrogens with one attached hydrogen (secondary N) is 2. The number of unbranched alkanes of at least 4 members (excludes halogenated alkanes) is 1. The third-order valence-corrected chi connectivity index (χ3v) is 7.14. The minimum absolute atomic E-state index is 0.154. The van der Waals surface area contributed by atoms with Crippen LogP contribution < -0.4 is 4.47 Å². The maximum atomic E-state index is 15.3. The van der Waals surface area contributed by atoms with Gasteiger partial charge in [-0.15, -0.1) is 0 Å². The van der Waals surface area contributed by atoms with Crippen molar-refractivity contribution in [2.45, 2.75) is 26.7 Å². The standard InChI is InChI=1S/C24H23FN4O4S/c1-3-4-10-34(32,33)29(31)21-7-5-6-18(22(21)25)23(30)20-14-28-24-19(20)11-17(13-27-24)16-9-8-15(2)26-12-16/h5-9,11-14,29H,3-4,10H2,1-2H3,(H,27,28). The first-order valence-electron chi connectivity index (χ1n) is 10.7. The van der Waals surface area contributed by atoms with E-state index in [1.807, 2.05) is 19.1 Å². The first-order valence-corrected chi connectivity index (χ1v) is 12.4. The number of fused-ring (bicyclic) bond motifs is 1. The lowest BCUT2D eigenvalue weighted by atomic mass is 10.0. The van der Waals surface area contributed by atoms with E-state index in [1.165, 1.54) is 18.3 Å². The number of carbonyl (C=O) groups is 1. The van der Waals surface area contributed by atoms with Gasteiger partial charge in [0.25, 0.3) is 10.0 Å². The summed E-state index contributed by atoms with van der Waals surface area (Å²) in [5.41, 5.74) is 1.95. The second kappa shape index (κ2) is 9.41. The molecule has 0 aliphatic heterocycles. The molecule has 1 unspecified atom stereocenters. The monoisotopic (exact) mass is 482 g/mol. The molecule has 4 rings (SSSR count). The van der Waals surface area contributed by atoms with Gasteiger partial charge in [-0.2, -0.15) is 12.8 Å². The minimum Gasteiger partial charge on any atom is -0.613 e. The maximum absolute atomic E-state index is 15.3. The van der Waals surface area contributed by atoms with Gasteiger partial charge in [-0.25, -0.2) is 9.45 Å². The molecule has 1 aromatic carbocycles. The smallest absolute Gasteiger partial charge is 0.300 e. The summed E-state index contributed by atoms with van der Waals surface area (Å²) in [6.45, 7) is 3.66. The minimum atomic E-state index is -4.18. The van der Waals surface area contributed by atoms with E-state index in [-0.39, 0.29) is 23.3 Å². The quantitative estimate of drug-likeness (QED) is 0.293. The fourth-order valence-electron chi connectivity index (χ4n) is 3.59. The number of carbonyl (C=O) groups excluding carboxylic acids is 1. The summed E-state index contributed by atoms with van der Waals surface area (Å²) in [6, 6.07) is 9.10. The van der Waals surface area contributed by atoms with Gasteiger partial charge in [0.1, 0.15) is 11.4 Å². The van der Waals surface area contributed by atoms with Gasteiger partial charge in [-0.05, 0) is 31.5 Å². The summed E-state index contributed by atoms with van der Waals surface area (Å²) in [5.74, 6) is -2.21. The lowest BCUT2D eigenvalue weighted by molar-refractivity contribution is -0.626. The molecular weight excluding hydrogens is 459 g/mol. The molecule has 1 atom stereocenters. The number of aromatic nitrogens is 3. The molecule has 176 valence electrons. The lowest BCUT2D eigenvalue weighted by Gasteiger charge is -2.21. The third kappa shape index (κ3) is 4.47. The van der Waals surface area contributed by atoms with Crippen LogP contribution in [0.4, 0.5) is 10.1 Å². The average Bonchev–Trinajstić information content (AvgIpc) is 3.26. The summed E-state index contributed by atoms with van der Waals surface area (Å²) in [7, 11) is -4.18. The molecule has 2 N–H and O–H groups in total. The number of quaternary nitrogens is 1. The van der Waals surface area contributed by atoms with Crippen LogP contribution in [0.15, 0.2) is 55.0 Å². The van der Waals surface area contributed by atoms with Crippen molar-refractivity contribution in [3.63, 3.8) is 0 Å². The van der Waals surface area contributed by atoms with E-state index in [1.54, 1.807) is 25.4 Å². The van der Waals surface area contributed by atoms with Gasteiger partial charge in [0, 0.05) is 52.4 Å². The Labute approximate surface area is 196 Å². The molecule has 3 aromatic heterocycles. The molecule has 0 radical (unpaired) electrons. The molecule has 0 saturated heterocycles. The normalized spacial score (nSPS) is 12.7. The molecule has 0 aliphatic rings. The van der Waals surface area contributed by atoms with Gasteiger partial charge in [-0.1, -0.05) is 25.5 Å². The fraction of sp³-hybridized carbons (Fsp3) is 0.208. The number of hydrogen-bond acceptors (Lipinski definition) is 6. The molecule has 3 heterocycles. The van der Waals surface area contributed by atoms with Crippen LogP contribution in [0.3, 0.4) is 0 Å².